The van der Waals surface area contributed by atoms with Crippen LogP contribution in [-0.4, -0.2) is 13.3 Å². The molecule has 5 heteroatoms. The van der Waals surface area contributed by atoms with Crippen LogP contribution in [0, 0.1) is 6.92 Å². The number of fused-ring (bicyclic) bond motifs is 1. The Hall–Kier alpha value is -1.43. The van der Waals surface area contributed by atoms with Crippen molar-refractivity contribution in [1.29, 1.82) is 0 Å². The molecule has 0 fully saturated rings. The van der Waals surface area contributed by atoms with Crippen molar-refractivity contribution < 1.29 is 13.3 Å². The molecule has 3 N–H and O–H groups in total. The topological polar surface area (TPSA) is 86.4 Å². The molecule has 2 aromatic carbocycles. The van der Waals surface area contributed by atoms with Crippen molar-refractivity contribution in [3.05, 3.63) is 42.0 Å². The zero-order valence-corrected chi connectivity index (χ0v) is 9.53. The first-order valence-electron chi connectivity index (χ1n) is 4.54. The summed E-state index contributed by atoms with van der Waals surface area (Å²) in [6, 6.07) is 12.3. The summed E-state index contributed by atoms with van der Waals surface area (Å²) < 4.78 is 24.1. The summed E-state index contributed by atoms with van der Waals surface area (Å²) in [6.45, 7) is 2.05. The monoisotopic (exact) mass is 238 g/mol. The van der Waals surface area contributed by atoms with Crippen molar-refractivity contribution in [3.8, 4) is 0 Å². The molecule has 2 aromatic rings. The van der Waals surface area contributed by atoms with Crippen LogP contribution in [0.2, 0.25) is 0 Å². The van der Waals surface area contributed by atoms with E-state index in [0.717, 1.165) is 5.69 Å². The highest BCUT2D eigenvalue weighted by atomic mass is 32.2. The van der Waals surface area contributed by atoms with Crippen LogP contribution in [0.1, 0.15) is 5.56 Å². The number of nitrogens with two attached hydrogens (primary N) is 1. The predicted molar refractivity (Wildman–Crippen MR) is 64.6 cm³/mol. The van der Waals surface area contributed by atoms with E-state index in [1.165, 1.54) is 16.3 Å². The summed E-state index contributed by atoms with van der Waals surface area (Å²) >= 11 is -2.86. The van der Waals surface area contributed by atoms with Crippen LogP contribution < -0.4 is 5.73 Å². The maximum Gasteiger partial charge on any atom is 0.0814 e. The van der Waals surface area contributed by atoms with Gasteiger partial charge in [0.05, 0.1) is 11.4 Å². The van der Waals surface area contributed by atoms with E-state index < -0.39 is 11.4 Å². The third kappa shape index (κ3) is 3.30. The zero-order chi connectivity index (χ0) is 12.1. The van der Waals surface area contributed by atoms with Gasteiger partial charge in [0, 0.05) is 5.69 Å². The van der Waals surface area contributed by atoms with Gasteiger partial charge in [-0.3, -0.25) is 0 Å². The summed E-state index contributed by atoms with van der Waals surface area (Å²) in [5.41, 5.74) is 7.83. The average molecular weight is 238 g/mol. The van der Waals surface area contributed by atoms with Gasteiger partial charge in [0.25, 0.3) is 0 Å². The number of hydrogen-bond donors (Lipinski definition) is 2. The fourth-order valence-corrected chi connectivity index (χ4v) is 1.44. The summed E-state index contributed by atoms with van der Waals surface area (Å²) in [5, 5.41) is 2.50. The van der Waals surface area contributed by atoms with Crippen LogP contribution in [0.5, 0.6) is 0 Å². The van der Waals surface area contributed by atoms with Gasteiger partial charge in [0.15, 0.2) is 0 Å². The molecule has 0 saturated heterocycles. The van der Waals surface area contributed by atoms with Crippen LogP contribution in [0.15, 0.2) is 36.4 Å². The number of aryl methyl sites for hydroxylation is 1. The molecule has 0 aliphatic heterocycles. The highest BCUT2D eigenvalue weighted by molar-refractivity contribution is 7.73. The number of rotatable bonds is 0. The molecule has 0 aromatic heterocycles. The summed E-state index contributed by atoms with van der Waals surface area (Å²) in [7, 11) is 0. The van der Waals surface area contributed by atoms with Crippen LogP contribution >= 0.6 is 0 Å². The van der Waals surface area contributed by atoms with E-state index in [4.69, 9.17) is 19.0 Å². The molecule has 0 amide bonds. The van der Waals surface area contributed by atoms with Crippen molar-refractivity contribution in [3.63, 3.8) is 0 Å². The summed E-state index contributed by atoms with van der Waals surface area (Å²) in [6.07, 6.45) is 0. The van der Waals surface area contributed by atoms with E-state index >= 15 is 0 Å². The molecule has 1 atom stereocenters. The molecule has 16 heavy (non-hydrogen) atoms. The second-order valence-corrected chi connectivity index (χ2v) is 3.65. The van der Waals surface area contributed by atoms with Gasteiger partial charge in [-0.15, -0.1) is 0 Å². The van der Waals surface area contributed by atoms with Crippen LogP contribution in [0.4, 0.5) is 5.69 Å². The Morgan fingerprint density at radius 2 is 1.81 bits per heavy atom. The number of nitrogen functional groups attached to an aromatic ring is 1. The van der Waals surface area contributed by atoms with Crippen molar-refractivity contribution in [2.24, 2.45) is 0 Å². The Kier molecular flexibility index (Phi) is 4.42. The Labute approximate surface area is 96.2 Å². The maximum atomic E-state index is 8.56. The van der Waals surface area contributed by atoms with Gasteiger partial charge in [0.1, 0.15) is 0 Å². The van der Waals surface area contributed by atoms with E-state index in [-0.39, 0.29) is 0 Å². The Bertz CT molecular complexity index is 510. The first-order chi connectivity index (χ1) is 7.52. The lowest BCUT2D eigenvalue weighted by atomic mass is 10.0. The summed E-state index contributed by atoms with van der Waals surface area (Å²) in [4.78, 5) is 0. The third-order valence-corrected chi connectivity index (χ3v) is 2.24. The molecule has 0 radical (unpaired) electrons. The molecule has 0 bridgehead atoms. The van der Waals surface area contributed by atoms with Gasteiger partial charge in [0.2, 0.25) is 0 Å². The predicted octanol–water partition coefficient (Wildman–Crippen LogP) is 2.07. The van der Waals surface area contributed by atoms with Crippen LogP contribution in [0.25, 0.3) is 10.8 Å². The molecular weight excluding hydrogens is 226 g/mol. The van der Waals surface area contributed by atoms with E-state index in [9.17, 15) is 0 Å². The standard InChI is InChI=1S/C11H11N.H2O3S/c1-8-10-5-3-2-4-9(10)6-7-11(8)12;1-4(2)3/h2-7H,12H2,1H3;(H2,1,2,3)/p-1. The fraction of sp³-hybridized carbons (Fsp3) is 0.0909. The SMILES string of the molecule is Cc1c(N)ccc2ccccc12.O=S([O-])O. The van der Waals surface area contributed by atoms with Crippen LogP contribution in [0.3, 0.4) is 0 Å². The molecule has 0 heterocycles. The van der Waals surface area contributed by atoms with Gasteiger partial charge < -0.3 is 14.8 Å². The minimum Gasteiger partial charge on any atom is -0.750 e. The van der Waals surface area contributed by atoms with Crippen molar-refractivity contribution in [2.75, 3.05) is 5.73 Å². The normalized spacial score (nSPS) is 11.7. The highest BCUT2D eigenvalue weighted by Crippen LogP contribution is 2.22. The Balaban J connectivity index is 0.000000280. The van der Waals surface area contributed by atoms with Gasteiger partial charge in [-0.2, -0.15) is 0 Å². The number of benzene rings is 2. The molecule has 4 nitrogen and oxygen atoms in total. The van der Waals surface area contributed by atoms with E-state index in [2.05, 4.69) is 25.1 Å². The second-order valence-electron chi connectivity index (χ2n) is 3.22. The first-order valence-corrected chi connectivity index (χ1v) is 5.57. The molecular formula is C11H12NO3S-. The van der Waals surface area contributed by atoms with Gasteiger partial charge in [-0.25, -0.2) is 4.21 Å². The quantitative estimate of drug-likeness (QED) is 0.543. The molecule has 86 valence electrons. The lowest BCUT2D eigenvalue weighted by Gasteiger charge is -2.03. The molecule has 0 saturated carbocycles. The first kappa shape index (κ1) is 12.6. The van der Waals surface area contributed by atoms with Crippen molar-refractivity contribution in [2.45, 2.75) is 6.92 Å². The van der Waals surface area contributed by atoms with E-state index in [1.54, 1.807) is 0 Å². The minimum absolute atomic E-state index is 0.869. The number of hydrogen-bond acceptors (Lipinski definition) is 3. The average Bonchev–Trinajstić information content (AvgIpc) is 2.23. The smallest absolute Gasteiger partial charge is 0.0814 e. The van der Waals surface area contributed by atoms with Gasteiger partial charge >= 0.3 is 0 Å². The third-order valence-electron chi connectivity index (χ3n) is 2.24. The van der Waals surface area contributed by atoms with E-state index in [0.29, 0.717) is 0 Å². The largest absolute Gasteiger partial charge is 0.750 e. The highest BCUT2D eigenvalue weighted by Gasteiger charge is 1.97. The fourth-order valence-electron chi connectivity index (χ4n) is 1.44. The molecule has 0 spiro atoms. The van der Waals surface area contributed by atoms with Crippen molar-refractivity contribution in [1.82, 2.24) is 0 Å². The van der Waals surface area contributed by atoms with E-state index in [1.807, 2.05) is 18.2 Å². The Morgan fingerprint density at radius 3 is 2.44 bits per heavy atom. The lowest BCUT2D eigenvalue weighted by Crippen LogP contribution is -1.89. The van der Waals surface area contributed by atoms with Gasteiger partial charge in [-0.1, -0.05) is 30.3 Å². The summed E-state index contributed by atoms with van der Waals surface area (Å²) in [5.74, 6) is 0. The molecule has 2 rings (SSSR count). The minimum atomic E-state index is -2.86. The number of anilines is 1. The maximum absolute atomic E-state index is 8.56. The molecule has 0 aliphatic carbocycles. The Morgan fingerprint density at radius 1 is 1.25 bits per heavy atom. The zero-order valence-electron chi connectivity index (χ0n) is 8.71. The van der Waals surface area contributed by atoms with Crippen molar-refractivity contribution >= 4 is 27.8 Å². The molecule has 0 aliphatic rings. The van der Waals surface area contributed by atoms with Gasteiger partial charge in [-0.05, 0) is 29.3 Å². The molecule has 1 unspecified atom stereocenters. The van der Waals surface area contributed by atoms with Crippen LogP contribution in [-0.2, 0) is 11.4 Å². The lowest BCUT2D eigenvalue weighted by molar-refractivity contribution is 0.436. The second kappa shape index (κ2) is 5.60.